The summed E-state index contributed by atoms with van der Waals surface area (Å²) < 4.78 is 5.97. The molecule has 0 radical (unpaired) electrons. The van der Waals surface area contributed by atoms with Crippen LogP contribution in [0.1, 0.15) is 20.8 Å². The summed E-state index contributed by atoms with van der Waals surface area (Å²) in [5, 5.41) is 10.3. The molecule has 3 heterocycles. The van der Waals surface area contributed by atoms with E-state index in [0.29, 0.717) is 5.89 Å². The highest BCUT2D eigenvalue weighted by Gasteiger charge is 2.19. The molecule has 6 heteroatoms. The number of benzene rings is 1. The van der Waals surface area contributed by atoms with Gasteiger partial charge in [0.2, 0.25) is 5.89 Å². The minimum Gasteiger partial charge on any atom is -0.436 e. The molecule has 2 N–H and O–H groups in total. The number of nitrogens with zero attached hydrogens (tertiary/aromatic N) is 3. The van der Waals surface area contributed by atoms with Gasteiger partial charge in [-0.3, -0.25) is 5.10 Å². The van der Waals surface area contributed by atoms with Crippen LogP contribution in [-0.4, -0.2) is 25.7 Å². The molecular weight excluding hydrogens is 314 g/mol. The van der Waals surface area contributed by atoms with E-state index in [-0.39, 0.29) is 5.54 Å². The first-order chi connectivity index (χ1) is 12.0. The Balaban J connectivity index is 1.88. The number of oxazole rings is 1. The molecule has 0 saturated carbocycles. The van der Waals surface area contributed by atoms with Crippen molar-refractivity contribution in [2.45, 2.75) is 26.3 Å². The zero-order chi connectivity index (χ0) is 17.4. The molecule has 0 amide bonds. The number of rotatable bonds is 3. The van der Waals surface area contributed by atoms with Crippen molar-refractivity contribution in [3.05, 3.63) is 48.9 Å². The van der Waals surface area contributed by atoms with Gasteiger partial charge < -0.3 is 9.73 Å². The molecule has 25 heavy (non-hydrogen) atoms. The van der Waals surface area contributed by atoms with Crippen molar-refractivity contribution < 1.29 is 4.42 Å². The number of pyridine rings is 1. The number of hydrogen-bond donors (Lipinski definition) is 2. The number of hydrogen-bond acceptors (Lipinski definition) is 5. The van der Waals surface area contributed by atoms with Crippen LogP contribution in [0, 0.1) is 0 Å². The Kier molecular flexibility index (Phi) is 3.53. The van der Waals surface area contributed by atoms with E-state index < -0.39 is 0 Å². The van der Waals surface area contributed by atoms with Crippen molar-refractivity contribution in [3.63, 3.8) is 0 Å². The van der Waals surface area contributed by atoms with Crippen LogP contribution in [0.5, 0.6) is 0 Å². The van der Waals surface area contributed by atoms with Gasteiger partial charge in [-0.05, 0) is 39.0 Å². The molecule has 1 aromatic carbocycles. The Hall–Kier alpha value is -3.15. The summed E-state index contributed by atoms with van der Waals surface area (Å²) in [4.78, 5) is 9.24. The molecule has 4 rings (SSSR count). The summed E-state index contributed by atoms with van der Waals surface area (Å²) in [7, 11) is 0. The predicted molar refractivity (Wildman–Crippen MR) is 98.2 cm³/mol. The third-order valence-electron chi connectivity index (χ3n) is 3.74. The molecule has 0 spiro atoms. The maximum atomic E-state index is 5.97. The highest BCUT2D eigenvalue weighted by molar-refractivity contribution is 5.81. The molecule has 3 aromatic heterocycles. The molecule has 0 bridgehead atoms. The Morgan fingerprint density at radius 1 is 1.08 bits per heavy atom. The van der Waals surface area contributed by atoms with Crippen LogP contribution in [-0.2, 0) is 0 Å². The minimum absolute atomic E-state index is 0.134. The second kappa shape index (κ2) is 5.73. The van der Waals surface area contributed by atoms with Gasteiger partial charge in [0.1, 0.15) is 11.3 Å². The van der Waals surface area contributed by atoms with Gasteiger partial charge in [-0.15, -0.1) is 0 Å². The van der Waals surface area contributed by atoms with Crippen LogP contribution in [0.15, 0.2) is 53.3 Å². The number of anilines is 1. The second-order valence-electron chi connectivity index (χ2n) is 6.97. The summed E-state index contributed by atoms with van der Waals surface area (Å²) in [6.07, 6.45) is 5.43. The summed E-state index contributed by atoms with van der Waals surface area (Å²) in [5.74, 6) is 1.29. The average molecular weight is 333 g/mol. The van der Waals surface area contributed by atoms with Crippen LogP contribution >= 0.6 is 0 Å². The summed E-state index contributed by atoms with van der Waals surface area (Å²) in [6.45, 7) is 6.28. The number of H-pyrrole nitrogens is 1. The fourth-order valence-electron chi connectivity index (χ4n) is 2.64. The number of para-hydroxylation sites is 2. The van der Waals surface area contributed by atoms with Gasteiger partial charge in [-0.1, -0.05) is 12.1 Å². The van der Waals surface area contributed by atoms with Crippen LogP contribution in [0.25, 0.3) is 33.7 Å². The standard InChI is InChI=1S/C19H19N5O/c1-19(2,3)24-17-14(8-12(9-20-17)13-10-21-22-11-13)18-23-15-6-4-5-7-16(15)25-18/h4-11H,1-3H3,(H,20,24)(H,21,22). The molecule has 0 fully saturated rings. The first-order valence-corrected chi connectivity index (χ1v) is 8.13. The van der Waals surface area contributed by atoms with E-state index in [9.17, 15) is 0 Å². The monoisotopic (exact) mass is 333 g/mol. The lowest BCUT2D eigenvalue weighted by Gasteiger charge is -2.22. The fourth-order valence-corrected chi connectivity index (χ4v) is 2.64. The first kappa shape index (κ1) is 15.4. The van der Waals surface area contributed by atoms with Gasteiger partial charge in [0.15, 0.2) is 5.58 Å². The highest BCUT2D eigenvalue weighted by atomic mass is 16.3. The molecule has 0 aliphatic heterocycles. The van der Waals surface area contributed by atoms with Gasteiger partial charge in [-0.2, -0.15) is 5.10 Å². The van der Waals surface area contributed by atoms with Crippen molar-refractivity contribution in [2.24, 2.45) is 0 Å². The SMILES string of the molecule is CC(C)(C)Nc1ncc(-c2cn[nH]c2)cc1-c1nc2ccccc2o1. The second-order valence-corrected chi connectivity index (χ2v) is 6.97. The third kappa shape index (κ3) is 3.10. The van der Waals surface area contributed by atoms with Gasteiger partial charge in [0.25, 0.3) is 0 Å². The highest BCUT2D eigenvalue weighted by Crippen LogP contribution is 2.33. The van der Waals surface area contributed by atoms with Crippen LogP contribution in [0.4, 0.5) is 5.82 Å². The van der Waals surface area contributed by atoms with E-state index in [4.69, 9.17) is 4.42 Å². The summed E-state index contributed by atoms with van der Waals surface area (Å²) >= 11 is 0. The molecule has 4 aromatic rings. The molecule has 0 aliphatic rings. The van der Waals surface area contributed by atoms with Crippen molar-refractivity contribution in [2.75, 3.05) is 5.32 Å². The molecule has 0 unspecified atom stereocenters. The van der Waals surface area contributed by atoms with Crippen LogP contribution < -0.4 is 5.32 Å². The van der Waals surface area contributed by atoms with Gasteiger partial charge in [0.05, 0.1) is 11.8 Å². The number of nitrogens with one attached hydrogen (secondary N) is 2. The number of fused-ring (bicyclic) bond motifs is 1. The smallest absolute Gasteiger partial charge is 0.231 e. The third-order valence-corrected chi connectivity index (χ3v) is 3.74. The number of aromatic nitrogens is 4. The van der Waals surface area contributed by atoms with Gasteiger partial charge >= 0.3 is 0 Å². The lowest BCUT2D eigenvalue weighted by Crippen LogP contribution is -2.27. The fraction of sp³-hybridized carbons (Fsp3) is 0.211. The maximum Gasteiger partial charge on any atom is 0.231 e. The van der Waals surface area contributed by atoms with E-state index in [1.54, 1.807) is 6.20 Å². The largest absolute Gasteiger partial charge is 0.436 e. The van der Waals surface area contributed by atoms with E-state index in [1.165, 1.54) is 0 Å². The lowest BCUT2D eigenvalue weighted by molar-refractivity contribution is 0.614. The molecule has 6 nitrogen and oxygen atoms in total. The Bertz CT molecular complexity index is 979. The molecule has 0 atom stereocenters. The minimum atomic E-state index is -0.134. The predicted octanol–water partition coefficient (Wildman–Crippen LogP) is 4.49. The molecule has 0 aliphatic carbocycles. The van der Waals surface area contributed by atoms with E-state index in [0.717, 1.165) is 33.6 Å². The van der Waals surface area contributed by atoms with Gasteiger partial charge in [-0.25, -0.2) is 9.97 Å². The van der Waals surface area contributed by atoms with E-state index in [2.05, 4.69) is 46.3 Å². The first-order valence-electron chi connectivity index (χ1n) is 8.13. The zero-order valence-corrected chi connectivity index (χ0v) is 14.4. The van der Waals surface area contributed by atoms with Crippen LogP contribution in [0.3, 0.4) is 0 Å². The Morgan fingerprint density at radius 3 is 2.64 bits per heavy atom. The van der Waals surface area contributed by atoms with Gasteiger partial charge in [0, 0.05) is 29.1 Å². The Labute approximate surface area is 145 Å². The molecule has 0 saturated heterocycles. The normalized spacial score (nSPS) is 11.8. The van der Waals surface area contributed by atoms with Crippen molar-refractivity contribution >= 4 is 16.9 Å². The van der Waals surface area contributed by atoms with Crippen molar-refractivity contribution in [1.82, 2.24) is 20.2 Å². The lowest BCUT2D eigenvalue weighted by atomic mass is 10.1. The maximum absolute atomic E-state index is 5.97. The molecule has 126 valence electrons. The van der Waals surface area contributed by atoms with Crippen molar-refractivity contribution in [1.29, 1.82) is 0 Å². The summed E-state index contributed by atoms with van der Waals surface area (Å²) in [5.41, 5.74) is 4.19. The number of aromatic amines is 1. The summed E-state index contributed by atoms with van der Waals surface area (Å²) in [6, 6.07) is 9.76. The average Bonchev–Trinajstić information content (AvgIpc) is 3.23. The quantitative estimate of drug-likeness (QED) is 0.577. The van der Waals surface area contributed by atoms with E-state index >= 15 is 0 Å². The Morgan fingerprint density at radius 2 is 1.92 bits per heavy atom. The zero-order valence-electron chi connectivity index (χ0n) is 14.4. The van der Waals surface area contributed by atoms with E-state index in [1.807, 2.05) is 42.7 Å². The topological polar surface area (TPSA) is 79.6 Å². The van der Waals surface area contributed by atoms with Crippen LogP contribution in [0.2, 0.25) is 0 Å². The van der Waals surface area contributed by atoms with Crippen molar-refractivity contribution in [3.8, 4) is 22.6 Å². The molecular formula is C19H19N5O.